The summed E-state index contributed by atoms with van der Waals surface area (Å²) in [5, 5.41) is 13.7. The quantitative estimate of drug-likeness (QED) is 0.813. The van der Waals surface area contributed by atoms with Crippen molar-refractivity contribution in [3.8, 4) is 11.5 Å². The van der Waals surface area contributed by atoms with Gasteiger partial charge in [0.15, 0.2) is 5.60 Å². The van der Waals surface area contributed by atoms with Crippen molar-refractivity contribution < 1.29 is 19.4 Å². The summed E-state index contributed by atoms with van der Waals surface area (Å²) in [4.78, 5) is 12.5. The van der Waals surface area contributed by atoms with E-state index in [1.165, 1.54) is 0 Å². The molecule has 0 spiro atoms. The van der Waals surface area contributed by atoms with Crippen LogP contribution >= 0.6 is 11.6 Å². The Labute approximate surface area is 157 Å². The van der Waals surface area contributed by atoms with E-state index in [2.05, 4.69) is 5.32 Å². The third-order valence-corrected chi connectivity index (χ3v) is 4.54. The van der Waals surface area contributed by atoms with Crippen LogP contribution in [-0.2, 0) is 11.2 Å². The first kappa shape index (κ1) is 18.5. The van der Waals surface area contributed by atoms with E-state index in [9.17, 15) is 9.90 Å². The van der Waals surface area contributed by atoms with E-state index in [1.807, 2.05) is 18.2 Å². The Kier molecular flexibility index (Phi) is 5.39. The Morgan fingerprint density at radius 1 is 1.31 bits per heavy atom. The number of amides is 1. The van der Waals surface area contributed by atoms with Crippen molar-refractivity contribution in [3.63, 3.8) is 0 Å². The van der Waals surface area contributed by atoms with Crippen LogP contribution in [0.15, 0.2) is 42.5 Å². The van der Waals surface area contributed by atoms with Gasteiger partial charge in [0.1, 0.15) is 11.5 Å². The second-order valence-electron chi connectivity index (χ2n) is 6.76. The highest BCUT2D eigenvalue weighted by Gasteiger charge is 2.30. The number of hydrogen-bond acceptors (Lipinski definition) is 4. The van der Waals surface area contributed by atoms with Crippen LogP contribution in [0.5, 0.6) is 11.5 Å². The van der Waals surface area contributed by atoms with E-state index in [-0.39, 0.29) is 12.5 Å². The Hall–Kier alpha value is -2.24. The molecular formula is C20H22ClNO4. The van der Waals surface area contributed by atoms with Gasteiger partial charge in [0.2, 0.25) is 0 Å². The number of halogens is 1. The first-order valence-corrected chi connectivity index (χ1v) is 8.89. The lowest BCUT2D eigenvalue weighted by molar-refractivity contribution is -0.134. The van der Waals surface area contributed by atoms with E-state index in [0.717, 1.165) is 23.3 Å². The second kappa shape index (κ2) is 7.56. The summed E-state index contributed by atoms with van der Waals surface area (Å²) in [6.45, 7) is 4.12. The third kappa shape index (κ3) is 4.29. The maximum atomic E-state index is 12.5. The molecule has 2 aromatic rings. The summed E-state index contributed by atoms with van der Waals surface area (Å²) >= 11 is 5.85. The summed E-state index contributed by atoms with van der Waals surface area (Å²) in [7, 11) is 0. The van der Waals surface area contributed by atoms with Gasteiger partial charge in [-0.15, -0.1) is 0 Å². The molecule has 26 heavy (non-hydrogen) atoms. The molecule has 0 fully saturated rings. The molecule has 2 N–H and O–H groups in total. The van der Waals surface area contributed by atoms with Gasteiger partial charge in [0.05, 0.1) is 12.7 Å². The Morgan fingerprint density at radius 2 is 2.04 bits per heavy atom. The molecule has 3 rings (SSSR count). The molecule has 1 aliphatic rings. The lowest BCUT2D eigenvalue weighted by Crippen LogP contribution is -2.47. The van der Waals surface area contributed by atoms with Crippen LogP contribution in [0.4, 0.5) is 0 Å². The number of carbonyl (C=O) groups is 1. The van der Waals surface area contributed by atoms with Crippen molar-refractivity contribution in [1.29, 1.82) is 0 Å². The van der Waals surface area contributed by atoms with Crippen molar-refractivity contribution in [3.05, 3.63) is 58.6 Å². The molecule has 0 aromatic heterocycles. The van der Waals surface area contributed by atoms with Gasteiger partial charge in [-0.05, 0) is 61.4 Å². The predicted octanol–water partition coefficient (Wildman–Crippen LogP) is 3.28. The summed E-state index contributed by atoms with van der Waals surface area (Å²) in [6.07, 6.45) is 0.0423. The minimum Gasteiger partial charge on any atom is -0.493 e. The number of aliphatic hydroxyl groups is 1. The van der Waals surface area contributed by atoms with Gasteiger partial charge in [-0.3, -0.25) is 4.79 Å². The molecule has 5 nitrogen and oxygen atoms in total. The van der Waals surface area contributed by atoms with E-state index < -0.39 is 11.7 Å². The Bertz CT molecular complexity index is 789. The summed E-state index contributed by atoms with van der Waals surface area (Å²) in [5.41, 5.74) is 0.754. The van der Waals surface area contributed by atoms with E-state index in [4.69, 9.17) is 21.1 Å². The van der Waals surface area contributed by atoms with Crippen LogP contribution in [0.1, 0.15) is 31.1 Å². The van der Waals surface area contributed by atoms with Gasteiger partial charge in [-0.1, -0.05) is 17.7 Å². The second-order valence-corrected chi connectivity index (χ2v) is 7.19. The number of fused-ring (bicyclic) bond motifs is 1. The average Bonchev–Trinajstić information content (AvgIpc) is 3.08. The van der Waals surface area contributed by atoms with Crippen molar-refractivity contribution >= 4 is 17.5 Å². The number of nitrogens with one attached hydrogen (secondary N) is 1. The standard InChI is InChI=1S/C20H22ClNO4/c1-20(2,26-16-6-4-15(21)5-7-16)19(24)22-12-17(23)13-3-8-18-14(11-13)9-10-25-18/h3-8,11,17,23H,9-10,12H2,1-2H3,(H,22,24)/t17-/m0/s1. The molecule has 2 aromatic carbocycles. The van der Waals surface area contributed by atoms with Gasteiger partial charge in [-0.25, -0.2) is 0 Å². The molecule has 0 unspecified atom stereocenters. The Balaban J connectivity index is 1.57. The topological polar surface area (TPSA) is 67.8 Å². The highest BCUT2D eigenvalue weighted by molar-refractivity contribution is 6.30. The van der Waals surface area contributed by atoms with Crippen molar-refractivity contribution in [1.82, 2.24) is 5.32 Å². The summed E-state index contributed by atoms with van der Waals surface area (Å²) < 4.78 is 11.2. The van der Waals surface area contributed by atoms with Crippen LogP contribution in [-0.4, -0.2) is 29.8 Å². The number of aliphatic hydroxyl groups excluding tert-OH is 1. The number of hydrogen-bond donors (Lipinski definition) is 2. The third-order valence-electron chi connectivity index (χ3n) is 4.29. The van der Waals surface area contributed by atoms with Crippen LogP contribution < -0.4 is 14.8 Å². The number of ether oxygens (including phenoxy) is 2. The average molecular weight is 376 g/mol. The molecule has 0 saturated carbocycles. The normalized spacial score (nSPS) is 14.3. The fourth-order valence-corrected chi connectivity index (χ4v) is 2.90. The molecule has 138 valence electrons. The highest BCUT2D eigenvalue weighted by Crippen LogP contribution is 2.28. The van der Waals surface area contributed by atoms with Crippen LogP contribution in [0.3, 0.4) is 0 Å². The minimum absolute atomic E-state index is 0.103. The number of benzene rings is 2. The summed E-state index contributed by atoms with van der Waals surface area (Å²) in [6, 6.07) is 12.4. The zero-order chi connectivity index (χ0) is 18.7. The molecule has 1 heterocycles. The predicted molar refractivity (Wildman–Crippen MR) is 99.8 cm³/mol. The Morgan fingerprint density at radius 3 is 2.77 bits per heavy atom. The largest absolute Gasteiger partial charge is 0.493 e. The molecule has 0 radical (unpaired) electrons. The fourth-order valence-electron chi connectivity index (χ4n) is 2.78. The lowest BCUT2D eigenvalue weighted by atomic mass is 10.0. The molecule has 0 bridgehead atoms. The first-order valence-electron chi connectivity index (χ1n) is 8.52. The van der Waals surface area contributed by atoms with Crippen LogP contribution in [0, 0.1) is 0 Å². The van der Waals surface area contributed by atoms with Gasteiger partial charge in [0.25, 0.3) is 5.91 Å². The van der Waals surface area contributed by atoms with Gasteiger partial charge in [0, 0.05) is 18.0 Å². The summed E-state index contributed by atoms with van der Waals surface area (Å²) in [5.74, 6) is 1.10. The SMILES string of the molecule is CC(C)(Oc1ccc(Cl)cc1)C(=O)NC[C@H](O)c1ccc2c(c1)CCO2. The van der Waals surface area contributed by atoms with E-state index in [0.29, 0.717) is 17.4 Å². The fraction of sp³-hybridized carbons (Fsp3) is 0.350. The van der Waals surface area contributed by atoms with Crippen molar-refractivity contribution in [2.24, 2.45) is 0 Å². The molecule has 0 aliphatic carbocycles. The molecule has 6 heteroatoms. The smallest absolute Gasteiger partial charge is 0.263 e. The van der Waals surface area contributed by atoms with Crippen molar-refractivity contribution in [2.45, 2.75) is 32.0 Å². The molecule has 1 amide bonds. The number of carbonyl (C=O) groups excluding carboxylic acids is 1. The van der Waals surface area contributed by atoms with Crippen LogP contribution in [0.25, 0.3) is 0 Å². The van der Waals surface area contributed by atoms with Gasteiger partial charge < -0.3 is 19.9 Å². The maximum absolute atomic E-state index is 12.5. The van der Waals surface area contributed by atoms with Crippen LogP contribution in [0.2, 0.25) is 5.02 Å². The monoisotopic (exact) mass is 375 g/mol. The van der Waals surface area contributed by atoms with E-state index >= 15 is 0 Å². The maximum Gasteiger partial charge on any atom is 0.263 e. The van der Waals surface area contributed by atoms with Crippen molar-refractivity contribution in [2.75, 3.05) is 13.2 Å². The first-order chi connectivity index (χ1) is 12.3. The van der Waals surface area contributed by atoms with E-state index in [1.54, 1.807) is 38.1 Å². The number of rotatable bonds is 6. The highest BCUT2D eigenvalue weighted by atomic mass is 35.5. The molecule has 0 saturated heterocycles. The minimum atomic E-state index is -1.08. The molecule has 1 atom stereocenters. The van der Waals surface area contributed by atoms with Gasteiger partial charge >= 0.3 is 0 Å². The zero-order valence-electron chi connectivity index (χ0n) is 14.8. The molecule has 1 aliphatic heterocycles. The zero-order valence-corrected chi connectivity index (χ0v) is 15.5. The van der Waals surface area contributed by atoms with Gasteiger partial charge in [-0.2, -0.15) is 0 Å². The molecular weight excluding hydrogens is 354 g/mol. The lowest BCUT2D eigenvalue weighted by Gasteiger charge is -2.26.